The molecule has 30 heavy (non-hydrogen) atoms. The maximum atomic E-state index is 12.6. The van der Waals surface area contributed by atoms with Gasteiger partial charge in [-0.2, -0.15) is 0 Å². The summed E-state index contributed by atoms with van der Waals surface area (Å²) < 4.78 is 0. The monoisotopic (exact) mass is 401 g/mol. The molecule has 0 aromatic heterocycles. The fraction of sp³-hybridized carbons (Fsp3) is 0.200. The van der Waals surface area contributed by atoms with E-state index in [1.54, 1.807) is 11.9 Å². The quantitative estimate of drug-likeness (QED) is 0.614. The van der Waals surface area contributed by atoms with Gasteiger partial charge in [-0.05, 0) is 43.7 Å². The molecule has 2 amide bonds. The number of rotatable bonds is 7. The molecule has 3 aromatic carbocycles. The van der Waals surface area contributed by atoms with E-state index in [0.29, 0.717) is 0 Å². The zero-order valence-corrected chi connectivity index (χ0v) is 17.6. The molecule has 154 valence electrons. The highest BCUT2D eigenvalue weighted by Crippen LogP contribution is 2.27. The van der Waals surface area contributed by atoms with Gasteiger partial charge in [0.1, 0.15) is 0 Å². The Morgan fingerprint density at radius 2 is 1.30 bits per heavy atom. The Morgan fingerprint density at radius 1 is 0.733 bits per heavy atom. The number of aryl methyl sites for hydroxylation is 2. The van der Waals surface area contributed by atoms with Crippen LogP contribution in [0.5, 0.6) is 0 Å². The second-order valence-corrected chi connectivity index (χ2v) is 7.45. The first-order valence-corrected chi connectivity index (χ1v) is 9.93. The number of carbonyl (C=O) groups is 2. The molecule has 0 saturated heterocycles. The molecule has 0 aliphatic rings. The third-order valence-electron chi connectivity index (χ3n) is 4.86. The minimum atomic E-state index is -0.166. The lowest BCUT2D eigenvalue weighted by molar-refractivity contribution is -0.119. The van der Waals surface area contributed by atoms with Crippen molar-refractivity contribution in [1.29, 1.82) is 0 Å². The normalized spacial score (nSPS) is 10.7. The van der Waals surface area contributed by atoms with Gasteiger partial charge in [0.05, 0.1) is 13.1 Å². The molecule has 0 spiro atoms. The number of benzene rings is 3. The largest absolute Gasteiger partial charge is 0.324 e. The van der Waals surface area contributed by atoms with Crippen LogP contribution in [0.3, 0.4) is 0 Å². The van der Waals surface area contributed by atoms with Crippen LogP contribution in [0, 0.1) is 13.8 Å². The molecule has 0 fully saturated rings. The van der Waals surface area contributed by atoms with Gasteiger partial charge in [0, 0.05) is 16.9 Å². The summed E-state index contributed by atoms with van der Waals surface area (Å²) in [5, 5.41) is 5.92. The molecule has 0 heterocycles. The van der Waals surface area contributed by atoms with Crippen molar-refractivity contribution in [2.24, 2.45) is 0 Å². The predicted molar refractivity (Wildman–Crippen MR) is 123 cm³/mol. The number of nitrogens with one attached hydrogen (secondary N) is 2. The summed E-state index contributed by atoms with van der Waals surface area (Å²) in [4.78, 5) is 26.7. The van der Waals surface area contributed by atoms with E-state index in [4.69, 9.17) is 0 Å². The van der Waals surface area contributed by atoms with Gasteiger partial charge in [-0.3, -0.25) is 14.5 Å². The van der Waals surface area contributed by atoms with Crippen molar-refractivity contribution in [2.45, 2.75) is 13.8 Å². The highest BCUT2D eigenvalue weighted by Gasteiger charge is 2.14. The first-order chi connectivity index (χ1) is 14.4. The molecule has 5 heteroatoms. The zero-order chi connectivity index (χ0) is 21.5. The van der Waals surface area contributed by atoms with E-state index in [2.05, 4.69) is 10.6 Å². The molecular formula is C25H27N3O2. The number of likely N-dealkylation sites (N-methyl/N-ethyl adjacent to an activating group) is 1. The number of para-hydroxylation sites is 2. The Morgan fingerprint density at radius 3 is 1.97 bits per heavy atom. The van der Waals surface area contributed by atoms with Gasteiger partial charge in [-0.15, -0.1) is 0 Å². The van der Waals surface area contributed by atoms with Crippen LogP contribution >= 0.6 is 0 Å². The second-order valence-electron chi connectivity index (χ2n) is 7.45. The molecule has 0 bridgehead atoms. The Balaban J connectivity index is 1.59. The van der Waals surface area contributed by atoms with Crippen LogP contribution < -0.4 is 10.6 Å². The van der Waals surface area contributed by atoms with Crippen molar-refractivity contribution in [3.05, 3.63) is 83.9 Å². The van der Waals surface area contributed by atoms with Gasteiger partial charge < -0.3 is 10.6 Å². The fourth-order valence-corrected chi connectivity index (χ4v) is 3.39. The van der Waals surface area contributed by atoms with E-state index < -0.39 is 0 Å². The lowest BCUT2D eigenvalue weighted by atomic mass is 10.0. The standard InChI is InChI=1S/C25H27N3O2/c1-18-10-9-11-19(2)25(18)27-24(30)17-28(3)16-23(29)26-22-15-8-7-14-21(22)20-12-5-4-6-13-20/h4-15H,16-17H2,1-3H3,(H,26,29)(H,27,30). The average molecular weight is 402 g/mol. The molecule has 0 aliphatic heterocycles. The summed E-state index contributed by atoms with van der Waals surface area (Å²) in [6.45, 7) is 4.17. The Bertz CT molecular complexity index is 1010. The number of amides is 2. The Labute approximate surface area is 177 Å². The van der Waals surface area contributed by atoms with Crippen LogP contribution in [0.25, 0.3) is 11.1 Å². The highest BCUT2D eigenvalue weighted by atomic mass is 16.2. The molecule has 0 atom stereocenters. The summed E-state index contributed by atoms with van der Waals surface area (Å²) in [6, 6.07) is 23.5. The molecular weight excluding hydrogens is 374 g/mol. The third-order valence-corrected chi connectivity index (χ3v) is 4.86. The number of anilines is 2. The van der Waals surface area contributed by atoms with Crippen LogP contribution in [-0.4, -0.2) is 36.9 Å². The van der Waals surface area contributed by atoms with Gasteiger partial charge in [0.25, 0.3) is 0 Å². The van der Waals surface area contributed by atoms with Crippen molar-refractivity contribution in [3.8, 4) is 11.1 Å². The number of nitrogens with zero attached hydrogens (tertiary/aromatic N) is 1. The molecule has 0 radical (unpaired) electrons. The van der Waals surface area contributed by atoms with Crippen LogP contribution in [0.4, 0.5) is 11.4 Å². The van der Waals surface area contributed by atoms with Gasteiger partial charge in [-0.25, -0.2) is 0 Å². The minimum Gasteiger partial charge on any atom is -0.324 e. The SMILES string of the molecule is Cc1cccc(C)c1NC(=O)CN(C)CC(=O)Nc1ccccc1-c1ccccc1. The van der Waals surface area contributed by atoms with Crippen LogP contribution in [0.2, 0.25) is 0 Å². The predicted octanol–water partition coefficient (Wildman–Crippen LogP) is 4.48. The van der Waals surface area contributed by atoms with Crippen molar-refractivity contribution in [1.82, 2.24) is 4.90 Å². The summed E-state index contributed by atoms with van der Waals surface area (Å²) in [7, 11) is 1.76. The number of hydrogen-bond donors (Lipinski definition) is 2. The minimum absolute atomic E-state index is 0.114. The summed E-state index contributed by atoms with van der Waals surface area (Å²) in [6.07, 6.45) is 0. The third kappa shape index (κ3) is 5.55. The molecule has 0 saturated carbocycles. The van der Waals surface area contributed by atoms with E-state index in [-0.39, 0.29) is 24.9 Å². The van der Waals surface area contributed by atoms with Gasteiger partial charge >= 0.3 is 0 Å². The average Bonchev–Trinajstić information content (AvgIpc) is 2.71. The summed E-state index contributed by atoms with van der Waals surface area (Å²) >= 11 is 0. The second kappa shape index (κ2) is 9.85. The fourth-order valence-electron chi connectivity index (χ4n) is 3.39. The van der Waals surface area contributed by atoms with Crippen molar-refractivity contribution >= 4 is 23.2 Å². The van der Waals surface area contributed by atoms with Crippen LogP contribution in [0.15, 0.2) is 72.8 Å². The van der Waals surface area contributed by atoms with E-state index >= 15 is 0 Å². The van der Waals surface area contributed by atoms with Gasteiger partial charge in [-0.1, -0.05) is 66.7 Å². The molecule has 3 aromatic rings. The first-order valence-electron chi connectivity index (χ1n) is 9.93. The highest BCUT2D eigenvalue weighted by molar-refractivity contribution is 5.97. The smallest absolute Gasteiger partial charge is 0.238 e. The Kier molecular flexibility index (Phi) is 6.99. The molecule has 0 unspecified atom stereocenters. The molecule has 5 nitrogen and oxygen atoms in total. The number of hydrogen-bond acceptors (Lipinski definition) is 3. The first kappa shape index (κ1) is 21.3. The van der Waals surface area contributed by atoms with E-state index in [9.17, 15) is 9.59 Å². The van der Waals surface area contributed by atoms with Crippen molar-refractivity contribution in [2.75, 3.05) is 30.8 Å². The van der Waals surface area contributed by atoms with E-state index in [1.165, 1.54) is 0 Å². The lowest BCUT2D eigenvalue weighted by Crippen LogP contribution is -2.36. The maximum absolute atomic E-state index is 12.6. The van der Waals surface area contributed by atoms with E-state index in [0.717, 1.165) is 33.6 Å². The van der Waals surface area contributed by atoms with Gasteiger partial charge in [0.2, 0.25) is 11.8 Å². The molecule has 2 N–H and O–H groups in total. The lowest BCUT2D eigenvalue weighted by Gasteiger charge is -2.18. The van der Waals surface area contributed by atoms with Gasteiger partial charge in [0.15, 0.2) is 0 Å². The number of carbonyl (C=O) groups excluding carboxylic acids is 2. The molecule has 0 aliphatic carbocycles. The Hall–Kier alpha value is -3.44. The summed E-state index contributed by atoms with van der Waals surface area (Å²) in [5.74, 6) is -0.312. The maximum Gasteiger partial charge on any atom is 0.238 e. The zero-order valence-electron chi connectivity index (χ0n) is 17.6. The van der Waals surface area contributed by atoms with Crippen molar-refractivity contribution < 1.29 is 9.59 Å². The van der Waals surface area contributed by atoms with Crippen LogP contribution in [0.1, 0.15) is 11.1 Å². The van der Waals surface area contributed by atoms with E-state index in [1.807, 2.05) is 86.6 Å². The van der Waals surface area contributed by atoms with Crippen molar-refractivity contribution in [3.63, 3.8) is 0 Å². The summed E-state index contributed by atoms with van der Waals surface area (Å²) in [5.41, 5.74) is 5.61. The molecule has 3 rings (SSSR count). The van der Waals surface area contributed by atoms with Crippen LogP contribution in [-0.2, 0) is 9.59 Å². The topological polar surface area (TPSA) is 61.4 Å².